The first-order valence-electron chi connectivity index (χ1n) is 14.4. The molecule has 208 valence electrons. The lowest BCUT2D eigenvalue weighted by molar-refractivity contribution is -0.150. The second-order valence-corrected chi connectivity index (χ2v) is 11.2. The zero-order valence-corrected chi connectivity index (χ0v) is 23.8. The summed E-state index contributed by atoms with van der Waals surface area (Å²) in [5, 5.41) is 7.70. The molecular weight excluding hydrogens is 506 g/mol. The minimum Gasteiger partial charge on any atom is -0.459 e. The van der Waals surface area contributed by atoms with Crippen molar-refractivity contribution in [2.45, 2.75) is 45.8 Å². The first kappa shape index (κ1) is 28.1. The van der Waals surface area contributed by atoms with Gasteiger partial charge in [0, 0.05) is 5.92 Å². The highest BCUT2D eigenvalue weighted by Gasteiger charge is 2.28. The Kier molecular flexibility index (Phi) is 9.10. The summed E-state index contributed by atoms with van der Waals surface area (Å²) in [4.78, 5) is 27.3. The van der Waals surface area contributed by atoms with E-state index in [1.807, 2.05) is 80.6 Å². The van der Waals surface area contributed by atoms with Gasteiger partial charge < -0.3 is 10.1 Å². The third-order valence-corrected chi connectivity index (χ3v) is 7.60. The molecule has 5 rings (SSSR count). The van der Waals surface area contributed by atoms with Gasteiger partial charge in [-0.2, -0.15) is 0 Å². The van der Waals surface area contributed by atoms with E-state index >= 15 is 0 Å². The Morgan fingerprint density at radius 1 is 0.659 bits per heavy atom. The molecule has 0 saturated carbocycles. The Bertz CT molecular complexity index is 1530. The number of fused-ring (bicyclic) bond motifs is 2. The molecule has 0 unspecified atom stereocenters. The number of nitrogens with one attached hydrogen (secondary N) is 1. The summed E-state index contributed by atoms with van der Waals surface area (Å²) in [7, 11) is 0. The van der Waals surface area contributed by atoms with Gasteiger partial charge in [-0.1, -0.05) is 129 Å². The smallest absolute Gasteiger partial charge is 0.328 e. The lowest BCUT2D eigenvalue weighted by atomic mass is 9.87. The van der Waals surface area contributed by atoms with Gasteiger partial charge in [0.15, 0.2) is 0 Å². The quantitative estimate of drug-likeness (QED) is 0.174. The molecule has 0 radical (unpaired) electrons. The van der Waals surface area contributed by atoms with Crippen molar-refractivity contribution in [1.82, 2.24) is 5.32 Å². The van der Waals surface area contributed by atoms with Crippen molar-refractivity contribution < 1.29 is 14.3 Å². The fourth-order valence-electron chi connectivity index (χ4n) is 5.53. The van der Waals surface area contributed by atoms with Crippen LogP contribution >= 0.6 is 0 Å². The maximum absolute atomic E-state index is 14.1. The van der Waals surface area contributed by atoms with Gasteiger partial charge >= 0.3 is 5.97 Å². The topological polar surface area (TPSA) is 55.4 Å². The van der Waals surface area contributed by atoms with E-state index in [4.69, 9.17) is 4.74 Å². The fraction of sp³-hybridized carbons (Fsp3) is 0.243. The summed E-state index contributed by atoms with van der Waals surface area (Å²) >= 11 is 0. The van der Waals surface area contributed by atoms with Crippen LogP contribution in [0.2, 0.25) is 0 Å². The molecule has 0 aromatic heterocycles. The summed E-state index contributed by atoms with van der Waals surface area (Å²) in [6.07, 6.45) is 1.63. The Morgan fingerprint density at radius 2 is 1.17 bits per heavy atom. The molecule has 1 atom stereocenters. The summed E-state index contributed by atoms with van der Waals surface area (Å²) in [6, 6.07) is 37.9. The van der Waals surface area contributed by atoms with E-state index in [1.165, 1.54) is 0 Å². The van der Waals surface area contributed by atoms with Gasteiger partial charge in [-0.3, -0.25) is 4.79 Å². The average Bonchev–Trinajstić information content (AvgIpc) is 2.99. The highest BCUT2D eigenvalue weighted by Crippen LogP contribution is 2.26. The second-order valence-electron chi connectivity index (χ2n) is 11.2. The van der Waals surface area contributed by atoms with Crippen molar-refractivity contribution in [2.75, 3.05) is 0 Å². The first-order chi connectivity index (χ1) is 20.0. The number of amides is 1. The summed E-state index contributed by atoms with van der Waals surface area (Å²) in [5.74, 6) is -0.694. The number of hydrogen-bond acceptors (Lipinski definition) is 3. The zero-order chi connectivity index (χ0) is 28.6. The Morgan fingerprint density at radius 3 is 1.73 bits per heavy atom. The number of carbonyl (C=O) groups excluding carboxylic acids is 2. The van der Waals surface area contributed by atoms with E-state index in [2.05, 4.69) is 53.8 Å². The minimum absolute atomic E-state index is 0.131. The molecule has 0 aliphatic rings. The molecule has 0 spiro atoms. The normalized spacial score (nSPS) is 12.1. The van der Waals surface area contributed by atoms with Gasteiger partial charge in [-0.15, -0.1) is 0 Å². The number of esters is 1. The van der Waals surface area contributed by atoms with E-state index in [0.29, 0.717) is 19.3 Å². The van der Waals surface area contributed by atoms with Crippen molar-refractivity contribution in [3.8, 4) is 0 Å². The summed E-state index contributed by atoms with van der Waals surface area (Å²) in [6.45, 7) is 4.28. The van der Waals surface area contributed by atoms with Crippen LogP contribution in [0.15, 0.2) is 115 Å². The molecule has 41 heavy (non-hydrogen) atoms. The van der Waals surface area contributed by atoms with Crippen molar-refractivity contribution in [2.24, 2.45) is 11.8 Å². The number of rotatable bonds is 11. The number of carbonyl (C=O) groups is 2. The molecule has 4 heteroatoms. The van der Waals surface area contributed by atoms with E-state index in [9.17, 15) is 9.59 Å². The van der Waals surface area contributed by atoms with E-state index in [1.54, 1.807) is 0 Å². The molecule has 0 aliphatic heterocycles. The molecule has 4 nitrogen and oxygen atoms in total. The predicted molar refractivity (Wildman–Crippen MR) is 166 cm³/mol. The molecule has 1 N–H and O–H groups in total. The highest BCUT2D eigenvalue weighted by molar-refractivity contribution is 5.90. The van der Waals surface area contributed by atoms with Crippen molar-refractivity contribution in [3.63, 3.8) is 0 Å². The number of ether oxygens (including phenoxy) is 1. The predicted octanol–water partition coefficient (Wildman–Crippen LogP) is 7.67. The van der Waals surface area contributed by atoms with E-state index < -0.39 is 12.0 Å². The molecule has 0 fully saturated rings. The summed E-state index contributed by atoms with van der Waals surface area (Å²) < 4.78 is 5.67. The molecule has 0 aliphatic carbocycles. The molecule has 0 bridgehead atoms. The van der Waals surface area contributed by atoms with Crippen LogP contribution in [0.1, 0.15) is 37.0 Å². The van der Waals surface area contributed by atoms with Crippen molar-refractivity contribution >= 4 is 33.4 Å². The highest BCUT2D eigenvalue weighted by atomic mass is 16.5. The molecule has 5 aromatic rings. The van der Waals surface area contributed by atoms with Gasteiger partial charge in [0.2, 0.25) is 5.91 Å². The molecule has 0 heterocycles. The van der Waals surface area contributed by atoms with Gasteiger partial charge in [-0.05, 0) is 63.4 Å². The van der Waals surface area contributed by atoms with Crippen LogP contribution in [0, 0.1) is 11.8 Å². The largest absolute Gasteiger partial charge is 0.459 e. The number of hydrogen-bond donors (Lipinski definition) is 1. The number of benzene rings is 5. The lowest BCUT2D eigenvalue weighted by Gasteiger charge is -2.24. The van der Waals surface area contributed by atoms with Gasteiger partial charge in [0.1, 0.15) is 12.6 Å². The van der Waals surface area contributed by atoms with Crippen LogP contribution in [0.25, 0.3) is 21.5 Å². The standard InChI is InChI=1S/C37H37NO3/c1-26(2)22-35(37(40)41-25-27-12-4-3-5-13-27)38-36(39)32(23-30-18-10-16-28-14-6-8-20-33(28)30)24-31-19-11-17-29-15-7-9-21-34(29)31/h3-21,26,32,35H,22-25H2,1-2H3,(H,38,39)/t35-/m1/s1. The van der Waals surface area contributed by atoms with E-state index in [-0.39, 0.29) is 24.3 Å². The van der Waals surface area contributed by atoms with Crippen LogP contribution in [-0.2, 0) is 33.8 Å². The maximum Gasteiger partial charge on any atom is 0.328 e. The van der Waals surface area contributed by atoms with Crippen LogP contribution in [0.5, 0.6) is 0 Å². The van der Waals surface area contributed by atoms with Crippen LogP contribution < -0.4 is 5.32 Å². The van der Waals surface area contributed by atoms with Gasteiger partial charge in [-0.25, -0.2) is 4.79 Å². The molecular formula is C37H37NO3. The van der Waals surface area contributed by atoms with Crippen molar-refractivity contribution in [1.29, 1.82) is 0 Å². The van der Waals surface area contributed by atoms with E-state index in [0.717, 1.165) is 38.2 Å². The minimum atomic E-state index is -0.714. The van der Waals surface area contributed by atoms with Crippen LogP contribution in [-0.4, -0.2) is 17.9 Å². The Balaban J connectivity index is 1.42. The molecule has 5 aromatic carbocycles. The van der Waals surface area contributed by atoms with Gasteiger partial charge in [0.05, 0.1) is 0 Å². The Labute approximate surface area is 242 Å². The first-order valence-corrected chi connectivity index (χ1v) is 14.4. The van der Waals surface area contributed by atoms with Crippen molar-refractivity contribution in [3.05, 3.63) is 132 Å². The zero-order valence-electron chi connectivity index (χ0n) is 23.8. The SMILES string of the molecule is CC(C)C[C@@H](NC(=O)C(Cc1cccc2ccccc12)Cc1cccc2ccccc12)C(=O)OCc1ccccc1. The second kappa shape index (κ2) is 13.3. The maximum atomic E-state index is 14.1. The summed E-state index contributed by atoms with van der Waals surface area (Å²) in [5.41, 5.74) is 3.16. The van der Waals surface area contributed by atoms with Gasteiger partial charge in [0.25, 0.3) is 0 Å². The monoisotopic (exact) mass is 543 g/mol. The molecule has 1 amide bonds. The van der Waals surface area contributed by atoms with Crippen LogP contribution in [0.4, 0.5) is 0 Å². The third-order valence-electron chi connectivity index (χ3n) is 7.60. The fourth-order valence-corrected chi connectivity index (χ4v) is 5.53. The average molecular weight is 544 g/mol. The Hall–Kier alpha value is -4.44. The van der Waals surface area contributed by atoms with Crippen LogP contribution in [0.3, 0.4) is 0 Å². The third kappa shape index (κ3) is 7.20. The molecule has 0 saturated heterocycles. The lowest BCUT2D eigenvalue weighted by Crippen LogP contribution is -2.46.